The van der Waals surface area contributed by atoms with Crippen LogP contribution in [0.3, 0.4) is 0 Å². The van der Waals surface area contributed by atoms with Gasteiger partial charge >= 0.3 is 0 Å². The van der Waals surface area contributed by atoms with Crippen LogP contribution in [0.25, 0.3) is 0 Å². The zero-order chi connectivity index (χ0) is 15.5. The normalized spacial score (nSPS) is 11.6. The fraction of sp³-hybridized carbons (Fsp3) is 0.562. The SMILES string of the molecule is CN=C(NCCOCC(C)C)NCc1ccccc1OC. The lowest BCUT2D eigenvalue weighted by atomic mass is 10.2. The van der Waals surface area contributed by atoms with Crippen LogP contribution in [0.4, 0.5) is 0 Å². The van der Waals surface area contributed by atoms with E-state index in [-0.39, 0.29) is 0 Å². The van der Waals surface area contributed by atoms with E-state index in [9.17, 15) is 0 Å². The number of rotatable bonds is 8. The first-order chi connectivity index (χ1) is 10.2. The molecule has 0 bridgehead atoms. The summed E-state index contributed by atoms with van der Waals surface area (Å²) in [5, 5.41) is 6.49. The van der Waals surface area contributed by atoms with Crippen LogP contribution in [0.15, 0.2) is 29.3 Å². The molecule has 21 heavy (non-hydrogen) atoms. The molecule has 0 aliphatic heterocycles. The minimum absolute atomic E-state index is 0.563. The van der Waals surface area contributed by atoms with Gasteiger partial charge in [-0.2, -0.15) is 0 Å². The van der Waals surface area contributed by atoms with Gasteiger partial charge in [0.15, 0.2) is 5.96 Å². The molecule has 0 saturated heterocycles. The van der Waals surface area contributed by atoms with Gasteiger partial charge in [-0.3, -0.25) is 4.99 Å². The third-order valence-corrected chi connectivity index (χ3v) is 2.85. The first-order valence-corrected chi connectivity index (χ1v) is 7.31. The highest BCUT2D eigenvalue weighted by atomic mass is 16.5. The van der Waals surface area contributed by atoms with Crippen molar-refractivity contribution in [2.45, 2.75) is 20.4 Å². The van der Waals surface area contributed by atoms with Gasteiger partial charge in [-0.15, -0.1) is 0 Å². The lowest BCUT2D eigenvalue weighted by molar-refractivity contribution is 0.114. The van der Waals surface area contributed by atoms with Gasteiger partial charge in [0.25, 0.3) is 0 Å². The molecule has 0 unspecified atom stereocenters. The second kappa shape index (κ2) is 10.0. The van der Waals surface area contributed by atoms with Crippen molar-refractivity contribution < 1.29 is 9.47 Å². The van der Waals surface area contributed by atoms with Crippen LogP contribution in [0.2, 0.25) is 0 Å². The summed E-state index contributed by atoms with van der Waals surface area (Å²) in [4.78, 5) is 4.19. The molecule has 0 spiro atoms. The molecule has 118 valence electrons. The molecule has 5 nitrogen and oxygen atoms in total. The fourth-order valence-corrected chi connectivity index (χ4v) is 1.81. The summed E-state index contributed by atoms with van der Waals surface area (Å²) in [5.74, 6) is 2.20. The Kier molecular flexibility index (Phi) is 8.28. The Morgan fingerprint density at radius 2 is 2.00 bits per heavy atom. The Bertz CT molecular complexity index is 433. The van der Waals surface area contributed by atoms with E-state index in [0.717, 1.165) is 30.4 Å². The zero-order valence-corrected chi connectivity index (χ0v) is 13.5. The molecule has 2 N–H and O–H groups in total. The van der Waals surface area contributed by atoms with Crippen molar-refractivity contribution in [1.82, 2.24) is 10.6 Å². The van der Waals surface area contributed by atoms with E-state index >= 15 is 0 Å². The molecular weight excluding hydrogens is 266 g/mol. The second-order valence-corrected chi connectivity index (χ2v) is 5.13. The van der Waals surface area contributed by atoms with E-state index in [1.807, 2.05) is 24.3 Å². The highest BCUT2D eigenvalue weighted by molar-refractivity contribution is 5.79. The first kappa shape index (κ1) is 17.3. The Hall–Kier alpha value is -1.75. The van der Waals surface area contributed by atoms with Gasteiger partial charge in [-0.25, -0.2) is 0 Å². The van der Waals surface area contributed by atoms with Gasteiger partial charge in [0.1, 0.15) is 5.75 Å². The standard InChI is InChI=1S/C16H27N3O2/c1-13(2)12-21-10-9-18-16(17-3)19-11-14-7-5-6-8-15(14)20-4/h5-8,13H,9-12H2,1-4H3,(H2,17,18,19). The zero-order valence-electron chi connectivity index (χ0n) is 13.5. The van der Waals surface area contributed by atoms with Crippen molar-refractivity contribution in [2.75, 3.05) is 33.9 Å². The lowest BCUT2D eigenvalue weighted by Gasteiger charge is -2.14. The largest absolute Gasteiger partial charge is 0.496 e. The molecule has 0 saturated carbocycles. The van der Waals surface area contributed by atoms with Crippen LogP contribution in [0, 0.1) is 5.92 Å². The number of methoxy groups -OCH3 is 1. The Balaban J connectivity index is 2.31. The highest BCUT2D eigenvalue weighted by Gasteiger charge is 2.03. The molecule has 0 fully saturated rings. The smallest absolute Gasteiger partial charge is 0.191 e. The van der Waals surface area contributed by atoms with E-state index in [0.29, 0.717) is 19.1 Å². The van der Waals surface area contributed by atoms with Crippen molar-refractivity contribution in [3.63, 3.8) is 0 Å². The molecule has 1 aromatic carbocycles. The maximum atomic E-state index is 5.52. The van der Waals surface area contributed by atoms with Crippen LogP contribution in [0.1, 0.15) is 19.4 Å². The fourth-order valence-electron chi connectivity index (χ4n) is 1.81. The van der Waals surface area contributed by atoms with Gasteiger partial charge in [-0.05, 0) is 12.0 Å². The number of nitrogens with zero attached hydrogens (tertiary/aromatic N) is 1. The van der Waals surface area contributed by atoms with Gasteiger partial charge in [0.05, 0.1) is 13.7 Å². The van der Waals surface area contributed by atoms with E-state index in [2.05, 4.69) is 29.5 Å². The Labute approximate surface area is 127 Å². The third-order valence-electron chi connectivity index (χ3n) is 2.85. The molecule has 0 aliphatic rings. The number of nitrogens with one attached hydrogen (secondary N) is 2. The number of aliphatic imine (C=N–C) groups is 1. The van der Waals surface area contributed by atoms with Crippen LogP contribution in [-0.4, -0.2) is 39.9 Å². The summed E-state index contributed by atoms with van der Waals surface area (Å²) in [7, 11) is 3.44. The average Bonchev–Trinajstić information content (AvgIpc) is 2.50. The van der Waals surface area contributed by atoms with Crippen LogP contribution < -0.4 is 15.4 Å². The van der Waals surface area contributed by atoms with Crippen LogP contribution in [0.5, 0.6) is 5.75 Å². The monoisotopic (exact) mass is 293 g/mol. The first-order valence-electron chi connectivity index (χ1n) is 7.31. The van der Waals surface area contributed by atoms with E-state index in [4.69, 9.17) is 9.47 Å². The summed E-state index contributed by atoms with van der Waals surface area (Å²) in [6.07, 6.45) is 0. The summed E-state index contributed by atoms with van der Waals surface area (Å²) >= 11 is 0. The molecule has 1 rings (SSSR count). The van der Waals surface area contributed by atoms with Crippen LogP contribution >= 0.6 is 0 Å². The Morgan fingerprint density at radius 3 is 2.67 bits per heavy atom. The number of guanidine groups is 1. The quantitative estimate of drug-likeness (QED) is 0.437. The van der Waals surface area contributed by atoms with Crippen molar-refractivity contribution >= 4 is 5.96 Å². The van der Waals surface area contributed by atoms with Crippen molar-refractivity contribution in [1.29, 1.82) is 0 Å². The minimum Gasteiger partial charge on any atom is -0.496 e. The molecule has 0 amide bonds. The summed E-state index contributed by atoms with van der Waals surface area (Å²) < 4.78 is 10.9. The predicted octanol–water partition coefficient (Wildman–Crippen LogP) is 2.03. The third kappa shape index (κ3) is 6.99. The number of ether oxygens (including phenoxy) is 2. The lowest BCUT2D eigenvalue weighted by Crippen LogP contribution is -2.38. The van der Waals surface area contributed by atoms with Gasteiger partial charge < -0.3 is 20.1 Å². The van der Waals surface area contributed by atoms with Gasteiger partial charge in [-0.1, -0.05) is 32.0 Å². The summed E-state index contributed by atoms with van der Waals surface area (Å²) in [6, 6.07) is 7.94. The van der Waals surface area contributed by atoms with Crippen LogP contribution in [-0.2, 0) is 11.3 Å². The number of hydrogen-bond acceptors (Lipinski definition) is 3. The molecule has 0 aliphatic carbocycles. The predicted molar refractivity (Wildman–Crippen MR) is 86.9 cm³/mol. The highest BCUT2D eigenvalue weighted by Crippen LogP contribution is 2.16. The van der Waals surface area contributed by atoms with Gasteiger partial charge in [0, 0.05) is 32.3 Å². The minimum atomic E-state index is 0.563. The molecule has 0 atom stereocenters. The van der Waals surface area contributed by atoms with E-state index in [1.165, 1.54) is 0 Å². The molecular formula is C16H27N3O2. The van der Waals surface area contributed by atoms with E-state index in [1.54, 1.807) is 14.2 Å². The second-order valence-electron chi connectivity index (χ2n) is 5.13. The average molecular weight is 293 g/mol. The molecule has 5 heteroatoms. The maximum Gasteiger partial charge on any atom is 0.191 e. The summed E-state index contributed by atoms with van der Waals surface area (Å²) in [6.45, 7) is 7.14. The van der Waals surface area contributed by atoms with Crippen molar-refractivity contribution in [2.24, 2.45) is 10.9 Å². The van der Waals surface area contributed by atoms with Gasteiger partial charge in [0.2, 0.25) is 0 Å². The topological polar surface area (TPSA) is 54.9 Å². The van der Waals surface area contributed by atoms with Crippen molar-refractivity contribution in [3.8, 4) is 5.75 Å². The van der Waals surface area contributed by atoms with Crippen molar-refractivity contribution in [3.05, 3.63) is 29.8 Å². The maximum absolute atomic E-state index is 5.52. The molecule has 0 aromatic heterocycles. The number of para-hydroxylation sites is 1. The number of hydrogen-bond donors (Lipinski definition) is 2. The molecule has 0 heterocycles. The Morgan fingerprint density at radius 1 is 1.24 bits per heavy atom. The van der Waals surface area contributed by atoms with E-state index < -0.39 is 0 Å². The number of benzene rings is 1. The summed E-state index contributed by atoms with van der Waals surface area (Å²) in [5.41, 5.74) is 1.10. The molecule has 1 aromatic rings. The molecule has 0 radical (unpaired) electrons.